The average molecular weight is 663 g/mol. The van der Waals surface area contributed by atoms with Crippen LogP contribution in [0.2, 0.25) is 0 Å². The van der Waals surface area contributed by atoms with Gasteiger partial charge in [-0.3, -0.25) is 0 Å². The van der Waals surface area contributed by atoms with E-state index in [1.165, 1.54) is 33.4 Å². The number of aliphatic carboxylic acids is 2. The van der Waals surface area contributed by atoms with Gasteiger partial charge in [0.2, 0.25) is 0 Å². The minimum Gasteiger partial charge on any atom is -0.868 e. The maximum Gasteiger partial charge on any atom is 4.00 e. The number of carbonyl (C=O) groups is 2. The molecule has 0 saturated heterocycles. The monoisotopic (exact) mass is 664 g/mol. The Balaban J connectivity index is 0.000000491. The van der Waals surface area contributed by atoms with Crippen LogP contribution in [0.15, 0.2) is 122 Å². The maximum absolute atomic E-state index is 9.43. The molecule has 2 N–H and O–H groups in total. The average Bonchev–Trinajstić information content (AvgIpc) is 3.49. The minimum absolute atomic E-state index is 0. The number of hydrogen-bond acceptors (Lipinski definition) is 4. The SMILES string of the molecule is C=C([O-])C(=O)O.C=C([O-])C(=O)O.C[c-]1ccc(-c2ccccc2)c1.C[c-]1ccc(-c2ccccc2)c1.[Hf+4]. The van der Waals surface area contributed by atoms with Gasteiger partial charge in [0.1, 0.15) is 0 Å². The molecule has 0 heterocycles. The van der Waals surface area contributed by atoms with E-state index in [9.17, 15) is 19.8 Å². The van der Waals surface area contributed by atoms with Gasteiger partial charge in [0.15, 0.2) is 0 Å². The van der Waals surface area contributed by atoms with Crippen LogP contribution in [0.5, 0.6) is 0 Å². The Morgan fingerprint density at radius 1 is 0.622 bits per heavy atom. The molecule has 0 bridgehead atoms. The predicted octanol–water partition coefficient (Wildman–Crippen LogP) is 4.65. The van der Waals surface area contributed by atoms with E-state index < -0.39 is 23.5 Å². The van der Waals surface area contributed by atoms with Crippen molar-refractivity contribution in [3.63, 3.8) is 0 Å². The van der Waals surface area contributed by atoms with E-state index in [0.29, 0.717) is 0 Å². The Bertz CT molecular complexity index is 1130. The van der Waals surface area contributed by atoms with Crippen molar-refractivity contribution in [1.82, 2.24) is 0 Å². The molecule has 4 aromatic rings. The van der Waals surface area contributed by atoms with Crippen LogP contribution in [0.4, 0.5) is 0 Å². The number of aryl methyl sites for hydroxylation is 2. The number of benzene rings is 2. The van der Waals surface area contributed by atoms with Crippen LogP contribution in [0.3, 0.4) is 0 Å². The van der Waals surface area contributed by atoms with Gasteiger partial charge >= 0.3 is 37.8 Å². The Hall–Kier alpha value is -3.97. The molecule has 6 nitrogen and oxygen atoms in total. The quantitative estimate of drug-likeness (QED) is 0.142. The summed E-state index contributed by atoms with van der Waals surface area (Å²) in [5.41, 5.74) is 7.88. The van der Waals surface area contributed by atoms with Crippen LogP contribution < -0.4 is 10.2 Å². The normalized spacial score (nSPS) is 8.92. The van der Waals surface area contributed by atoms with Crippen molar-refractivity contribution >= 4 is 11.9 Å². The number of carboxylic acid groups (broad SMARTS) is 2. The van der Waals surface area contributed by atoms with Crippen LogP contribution in [0.25, 0.3) is 22.3 Å². The molecule has 0 atom stereocenters. The van der Waals surface area contributed by atoms with Crippen LogP contribution >= 0.6 is 0 Å². The summed E-state index contributed by atoms with van der Waals surface area (Å²) in [5, 5.41) is 34.0. The van der Waals surface area contributed by atoms with E-state index in [4.69, 9.17) is 10.2 Å². The fraction of sp³-hybridized carbons (Fsp3) is 0.0667. The first-order valence-electron chi connectivity index (χ1n) is 10.8. The molecule has 0 aliphatic heterocycles. The zero-order valence-corrected chi connectivity index (χ0v) is 24.3. The van der Waals surface area contributed by atoms with Crippen LogP contribution in [0, 0.1) is 13.8 Å². The van der Waals surface area contributed by atoms with Crippen molar-refractivity contribution in [3.05, 3.63) is 133 Å². The third-order valence-electron chi connectivity index (χ3n) is 4.51. The molecule has 0 fully saturated rings. The Labute approximate surface area is 236 Å². The first-order chi connectivity index (χ1) is 17.0. The van der Waals surface area contributed by atoms with Crippen molar-refractivity contribution in [1.29, 1.82) is 0 Å². The topological polar surface area (TPSA) is 121 Å². The van der Waals surface area contributed by atoms with Crippen molar-refractivity contribution < 1.29 is 55.9 Å². The third kappa shape index (κ3) is 13.6. The van der Waals surface area contributed by atoms with Gasteiger partial charge in [0.05, 0.1) is 0 Å². The van der Waals surface area contributed by atoms with Crippen molar-refractivity contribution in [3.8, 4) is 22.3 Å². The summed E-state index contributed by atoms with van der Waals surface area (Å²) >= 11 is 0. The van der Waals surface area contributed by atoms with Gasteiger partial charge in [0.25, 0.3) is 0 Å². The van der Waals surface area contributed by atoms with E-state index in [1.807, 2.05) is 12.1 Å². The Morgan fingerprint density at radius 2 is 0.892 bits per heavy atom. The zero-order valence-electron chi connectivity index (χ0n) is 20.7. The zero-order chi connectivity index (χ0) is 27.1. The predicted molar refractivity (Wildman–Crippen MR) is 138 cm³/mol. The van der Waals surface area contributed by atoms with E-state index in [2.05, 4.69) is 112 Å². The molecule has 7 heteroatoms. The fourth-order valence-electron chi connectivity index (χ4n) is 2.75. The number of carboxylic acids is 2. The second-order valence-corrected chi connectivity index (χ2v) is 7.54. The summed E-state index contributed by atoms with van der Waals surface area (Å²) in [4.78, 5) is 18.6. The molecule has 0 unspecified atom stereocenters. The molecule has 0 radical (unpaired) electrons. The number of hydrogen-bond donors (Lipinski definition) is 2. The van der Waals surface area contributed by atoms with Crippen molar-refractivity contribution in [2.24, 2.45) is 0 Å². The molecule has 0 aromatic heterocycles. The second kappa shape index (κ2) is 17.5. The largest absolute Gasteiger partial charge is 4.00 e. The smallest absolute Gasteiger partial charge is 0.868 e. The summed E-state index contributed by atoms with van der Waals surface area (Å²) in [6.45, 7) is 9.43. The van der Waals surface area contributed by atoms with Gasteiger partial charge in [-0.25, -0.2) is 21.7 Å². The second-order valence-electron chi connectivity index (χ2n) is 7.54. The summed E-state index contributed by atoms with van der Waals surface area (Å²) < 4.78 is 0. The van der Waals surface area contributed by atoms with E-state index in [0.717, 1.165) is 0 Å². The van der Waals surface area contributed by atoms with E-state index in [1.54, 1.807) is 0 Å². The summed E-state index contributed by atoms with van der Waals surface area (Å²) in [7, 11) is 0. The molecular formula is C30H28HfO6. The van der Waals surface area contributed by atoms with Gasteiger partial charge in [-0.2, -0.15) is 46.5 Å². The fourth-order valence-corrected chi connectivity index (χ4v) is 2.75. The van der Waals surface area contributed by atoms with Gasteiger partial charge in [-0.1, -0.05) is 98.8 Å². The molecule has 37 heavy (non-hydrogen) atoms. The number of rotatable bonds is 4. The first-order valence-corrected chi connectivity index (χ1v) is 10.8. The van der Waals surface area contributed by atoms with Gasteiger partial charge in [-0.15, -0.1) is 0 Å². The van der Waals surface area contributed by atoms with Crippen molar-refractivity contribution in [2.75, 3.05) is 0 Å². The van der Waals surface area contributed by atoms with E-state index >= 15 is 0 Å². The van der Waals surface area contributed by atoms with Crippen LogP contribution in [-0.2, 0) is 35.4 Å². The molecule has 0 spiro atoms. The summed E-state index contributed by atoms with van der Waals surface area (Å²) in [6.07, 6.45) is 0. The molecule has 0 aliphatic rings. The van der Waals surface area contributed by atoms with E-state index in [-0.39, 0.29) is 25.8 Å². The Morgan fingerprint density at radius 3 is 1.08 bits per heavy atom. The molecule has 188 valence electrons. The first kappa shape index (κ1) is 33.0. The molecule has 0 aliphatic carbocycles. The molecule has 4 rings (SSSR count). The molecule has 4 aromatic carbocycles. The molecule has 0 saturated carbocycles. The van der Waals surface area contributed by atoms with Gasteiger partial charge in [-0.05, 0) is 11.5 Å². The van der Waals surface area contributed by atoms with Crippen LogP contribution in [0.1, 0.15) is 11.1 Å². The third-order valence-corrected chi connectivity index (χ3v) is 4.51. The van der Waals surface area contributed by atoms with Crippen molar-refractivity contribution in [2.45, 2.75) is 13.8 Å². The maximum atomic E-state index is 9.43. The molecule has 0 amide bonds. The summed E-state index contributed by atoms with van der Waals surface area (Å²) in [6, 6.07) is 33.9. The summed E-state index contributed by atoms with van der Waals surface area (Å²) in [5.74, 6) is -5.13. The van der Waals surface area contributed by atoms with Crippen LogP contribution in [-0.4, -0.2) is 22.2 Å². The molecular weight excluding hydrogens is 635 g/mol. The van der Waals surface area contributed by atoms with Gasteiger partial charge < -0.3 is 20.4 Å². The minimum atomic E-state index is -1.49. The van der Waals surface area contributed by atoms with Gasteiger partial charge in [0, 0.05) is 0 Å². The Kier molecular flexibility index (Phi) is 15.6. The standard InChI is InChI=1S/2C12H11.2C3H4O3.Hf/c2*1-10-7-8-12(9-10)11-5-3-2-4-6-11;2*1-2(4)3(5)6;/h2*2-9H,1H3;2*4H,1H2,(H,5,6);/q2*-1;;;+4/p-2.